The summed E-state index contributed by atoms with van der Waals surface area (Å²) in [6.45, 7) is 2.26. The molecule has 1 rings (SSSR count). The number of aromatic nitrogens is 2. The third kappa shape index (κ3) is 13.3. The molecule has 1 heterocycles. The van der Waals surface area contributed by atoms with Crippen molar-refractivity contribution in [1.29, 1.82) is 0 Å². The Labute approximate surface area is 168 Å². The van der Waals surface area contributed by atoms with Crippen LogP contribution in [0.2, 0.25) is 0 Å². The normalized spacial score (nSPS) is 10.9. The number of unbranched alkanes of at least 4 members (excludes halogenated alkanes) is 14. The van der Waals surface area contributed by atoms with Gasteiger partial charge in [0, 0.05) is 12.5 Å². The zero-order valence-electron chi connectivity index (χ0n) is 17.6. The number of hydrogen-bond donors (Lipinski definition) is 3. The summed E-state index contributed by atoms with van der Waals surface area (Å²) in [5.74, 6) is -0.0179. The molecule has 28 heavy (non-hydrogen) atoms. The maximum Gasteiger partial charge on any atom is 0.327 e. The molecular weight excluding hydrogens is 354 g/mol. The molecule has 0 fully saturated rings. The van der Waals surface area contributed by atoms with Crippen molar-refractivity contribution >= 4 is 11.7 Å². The van der Waals surface area contributed by atoms with E-state index in [0.717, 1.165) is 19.3 Å². The number of amides is 1. The van der Waals surface area contributed by atoms with E-state index >= 15 is 0 Å². The molecule has 1 amide bonds. The zero-order chi connectivity index (χ0) is 20.5. The van der Waals surface area contributed by atoms with Crippen molar-refractivity contribution in [2.24, 2.45) is 0 Å². The Kier molecular flexibility index (Phi) is 13.9. The van der Waals surface area contributed by atoms with E-state index in [-0.39, 0.29) is 11.7 Å². The third-order valence-corrected chi connectivity index (χ3v) is 5.04. The number of carbonyl (C=O) groups is 1. The number of hydrogen-bond acceptors (Lipinski definition) is 3. The number of nitrogens with one attached hydrogen (secondary N) is 3. The Morgan fingerprint density at radius 2 is 1.21 bits per heavy atom. The fourth-order valence-electron chi connectivity index (χ4n) is 3.41. The van der Waals surface area contributed by atoms with Gasteiger partial charge in [-0.2, -0.15) is 0 Å². The molecule has 0 saturated carbocycles. The predicted octanol–water partition coefficient (Wildman–Crippen LogP) is 5.26. The van der Waals surface area contributed by atoms with Crippen molar-refractivity contribution in [1.82, 2.24) is 9.97 Å². The van der Waals surface area contributed by atoms with Crippen LogP contribution in [-0.4, -0.2) is 15.9 Å². The maximum absolute atomic E-state index is 11.8. The molecule has 0 saturated heterocycles. The molecule has 3 N–H and O–H groups in total. The van der Waals surface area contributed by atoms with Gasteiger partial charge in [-0.3, -0.25) is 19.6 Å². The van der Waals surface area contributed by atoms with Gasteiger partial charge in [0.2, 0.25) is 5.91 Å². The van der Waals surface area contributed by atoms with Gasteiger partial charge >= 0.3 is 5.69 Å². The molecule has 0 aliphatic carbocycles. The van der Waals surface area contributed by atoms with Crippen molar-refractivity contribution in [3.05, 3.63) is 26.9 Å². The molecule has 0 radical (unpaired) electrons. The van der Waals surface area contributed by atoms with Gasteiger partial charge in [0.1, 0.15) is 5.82 Å². The van der Waals surface area contributed by atoms with Gasteiger partial charge in [-0.05, 0) is 6.42 Å². The fraction of sp³-hybridized carbons (Fsp3) is 0.773. The maximum atomic E-state index is 11.8. The second kappa shape index (κ2) is 16.1. The summed E-state index contributed by atoms with van der Waals surface area (Å²) >= 11 is 0. The van der Waals surface area contributed by atoms with Crippen LogP contribution >= 0.6 is 0 Å². The monoisotopic (exact) mass is 393 g/mol. The lowest BCUT2D eigenvalue weighted by Gasteiger charge is -2.05. The first-order valence-electron chi connectivity index (χ1n) is 11.3. The largest absolute Gasteiger partial charge is 0.327 e. The first kappa shape index (κ1) is 24.2. The van der Waals surface area contributed by atoms with Crippen LogP contribution in [0.5, 0.6) is 0 Å². The Balaban J connectivity index is 1.88. The van der Waals surface area contributed by atoms with E-state index < -0.39 is 11.2 Å². The van der Waals surface area contributed by atoms with E-state index in [4.69, 9.17) is 0 Å². The first-order valence-corrected chi connectivity index (χ1v) is 11.3. The van der Waals surface area contributed by atoms with E-state index in [1.807, 2.05) is 0 Å². The van der Waals surface area contributed by atoms with Gasteiger partial charge in [0.15, 0.2) is 0 Å². The SMILES string of the molecule is CCCCCCCCCCCCCCCCCC(=O)Nc1cc(=O)[nH]c(=O)[nH]1. The highest BCUT2D eigenvalue weighted by Crippen LogP contribution is 2.13. The van der Waals surface area contributed by atoms with Gasteiger partial charge in [0.05, 0.1) is 0 Å². The summed E-state index contributed by atoms with van der Waals surface area (Å²) in [5.41, 5.74) is -1.14. The van der Waals surface area contributed by atoms with Crippen molar-refractivity contribution in [3.63, 3.8) is 0 Å². The molecule has 160 valence electrons. The number of rotatable bonds is 17. The van der Waals surface area contributed by atoms with Crippen LogP contribution in [0, 0.1) is 0 Å². The summed E-state index contributed by atoms with van der Waals surface area (Å²) in [4.78, 5) is 38.6. The van der Waals surface area contributed by atoms with Gasteiger partial charge < -0.3 is 5.32 Å². The molecule has 0 aliphatic rings. The summed E-state index contributed by atoms with van der Waals surface area (Å²) < 4.78 is 0. The van der Waals surface area contributed by atoms with Crippen LogP contribution in [0.3, 0.4) is 0 Å². The van der Waals surface area contributed by atoms with Crippen molar-refractivity contribution in [3.8, 4) is 0 Å². The smallest absolute Gasteiger partial charge is 0.312 e. The molecule has 0 aliphatic heterocycles. The summed E-state index contributed by atoms with van der Waals surface area (Å²) in [6, 6.07) is 1.17. The quantitative estimate of drug-likeness (QED) is 0.315. The average molecular weight is 394 g/mol. The second-order valence-corrected chi connectivity index (χ2v) is 7.75. The van der Waals surface area contributed by atoms with Crippen LogP contribution in [0.15, 0.2) is 15.7 Å². The lowest BCUT2D eigenvalue weighted by molar-refractivity contribution is -0.116. The first-order chi connectivity index (χ1) is 13.6. The molecule has 0 spiro atoms. The van der Waals surface area contributed by atoms with Crippen LogP contribution in [-0.2, 0) is 4.79 Å². The van der Waals surface area contributed by atoms with Crippen LogP contribution < -0.4 is 16.6 Å². The second-order valence-electron chi connectivity index (χ2n) is 7.75. The summed E-state index contributed by atoms with van der Waals surface area (Å²) in [6.07, 6.45) is 19.7. The lowest BCUT2D eigenvalue weighted by atomic mass is 10.0. The standard InChI is InChI=1S/C22H39N3O3/c1-2-3-4-5-6-7-8-9-10-11-12-13-14-15-16-17-20(26)23-19-18-21(27)25-22(28)24-19/h18H,2-17H2,1H3,(H3,23,24,25,26,27,28). The molecule has 6 nitrogen and oxygen atoms in total. The average Bonchev–Trinajstić information content (AvgIpc) is 2.64. The Morgan fingerprint density at radius 3 is 1.68 bits per heavy atom. The van der Waals surface area contributed by atoms with Gasteiger partial charge in [-0.15, -0.1) is 0 Å². The molecular formula is C22H39N3O3. The van der Waals surface area contributed by atoms with Gasteiger partial charge in [-0.25, -0.2) is 4.79 Å². The summed E-state index contributed by atoms with van der Waals surface area (Å²) in [5, 5.41) is 2.56. The van der Waals surface area contributed by atoms with Gasteiger partial charge in [0.25, 0.3) is 5.56 Å². The minimum absolute atomic E-state index is 0.153. The number of aromatic amines is 2. The molecule has 0 atom stereocenters. The highest BCUT2D eigenvalue weighted by molar-refractivity contribution is 5.89. The third-order valence-electron chi connectivity index (χ3n) is 5.04. The topological polar surface area (TPSA) is 94.8 Å². The van der Waals surface area contributed by atoms with E-state index in [1.165, 1.54) is 83.1 Å². The fourth-order valence-corrected chi connectivity index (χ4v) is 3.41. The van der Waals surface area contributed by atoms with Crippen molar-refractivity contribution < 1.29 is 4.79 Å². The van der Waals surface area contributed by atoms with E-state index in [2.05, 4.69) is 22.2 Å². The van der Waals surface area contributed by atoms with E-state index in [1.54, 1.807) is 0 Å². The Bertz CT molecular complexity index is 608. The molecule has 1 aromatic heterocycles. The van der Waals surface area contributed by atoms with Crippen molar-refractivity contribution in [2.45, 2.75) is 110 Å². The predicted molar refractivity (Wildman–Crippen MR) is 116 cm³/mol. The lowest BCUT2D eigenvalue weighted by Crippen LogP contribution is -2.24. The summed E-state index contributed by atoms with van der Waals surface area (Å²) in [7, 11) is 0. The number of carbonyl (C=O) groups excluding carboxylic acids is 1. The molecule has 0 aromatic carbocycles. The van der Waals surface area contributed by atoms with E-state index in [0.29, 0.717) is 6.42 Å². The molecule has 6 heteroatoms. The van der Waals surface area contributed by atoms with Gasteiger partial charge in [-0.1, -0.05) is 96.8 Å². The Hall–Kier alpha value is -1.85. The molecule has 1 aromatic rings. The number of H-pyrrole nitrogens is 2. The zero-order valence-corrected chi connectivity index (χ0v) is 17.6. The minimum atomic E-state index is -0.616. The van der Waals surface area contributed by atoms with E-state index in [9.17, 15) is 14.4 Å². The van der Waals surface area contributed by atoms with Crippen molar-refractivity contribution in [2.75, 3.05) is 5.32 Å². The molecule has 0 unspecified atom stereocenters. The van der Waals surface area contributed by atoms with Crippen LogP contribution in [0.25, 0.3) is 0 Å². The highest BCUT2D eigenvalue weighted by atomic mass is 16.2. The Morgan fingerprint density at radius 1 is 0.750 bits per heavy atom. The van der Waals surface area contributed by atoms with Crippen LogP contribution in [0.1, 0.15) is 110 Å². The molecule has 0 bridgehead atoms. The van der Waals surface area contributed by atoms with Crippen LogP contribution in [0.4, 0.5) is 5.82 Å². The number of anilines is 1. The minimum Gasteiger partial charge on any atom is -0.312 e. The highest BCUT2D eigenvalue weighted by Gasteiger charge is 2.04.